The van der Waals surface area contributed by atoms with Gasteiger partial charge < -0.3 is 15.1 Å². The van der Waals surface area contributed by atoms with E-state index in [1.54, 1.807) is 5.57 Å². The van der Waals surface area contributed by atoms with E-state index in [0.29, 0.717) is 11.8 Å². The Balaban J connectivity index is 1.42. The monoisotopic (exact) mass is 397 g/mol. The maximum Gasteiger partial charge on any atom is 0.0724 e. The Bertz CT molecular complexity index is 667. The number of allylic oxidation sites excluding steroid dienone is 2. The summed E-state index contributed by atoms with van der Waals surface area (Å²) in [6.07, 6.45) is 14.5. The third kappa shape index (κ3) is 6.80. The van der Waals surface area contributed by atoms with E-state index in [9.17, 15) is 10.2 Å². The van der Waals surface area contributed by atoms with E-state index >= 15 is 0 Å². The van der Waals surface area contributed by atoms with Gasteiger partial charge in [-0.25, -0.2) is 0 Å². The van der Waals surface area contributed by atoms with Crippen LogP contribution in [0, 0.1) is 17.8 Å². The molecule has 3 rings (SSSR count). The Morgan fingerprint density at radius 3 is 2.66 bits per heavy atom. The Kier molecular flexibility index (Phi) is 8.53. The van der Waals surface area contributed by atoms with Crippen LogP contribution in [0.2, 0.25) is 0 Å². The van der Waals surface area contributed by atoms with Gasteiger partial charge in [-0.05, 0) is 83.0 Å². The lowest BCUT2D eigenvalue weighted by molar-refractivity contribution is 0.139. The van der Waals surface area contributed by atoms with E-state index in [1.165, 1.54) is 37.8 Å². The number of unbranched alkanes of at least 4 members (excludes halogenated alkanes) is 2. The minimum atomic E-state index is -0.438. The molecule has 1 fully saturated rings. The molecule has 0 unspecified atom stereocenters. The second-order valence-corrected chi connectivity index (χ2v) is 9.33. The molecule has 0 aromatic heterocycles. The number of benzene rings is 1. The van der Waals surface area contributed by atoms with Gasteiger partial charge in [-0.2, -0.15) is 0 Å². The van der Waals surface area contributed by atoms with E-state index in [4.69, 9.17) is 0 Å². The third-order valence-corrected chi connectivity index (χ3v) is 6.68. The van der Waals surface area contributed by atoms with Crippen molar-refractivity contribution in [3.05, 3.63) is 59.7 Å². The Labute approximate surface area is 177 Å². The summed E-state index contributed by atoms with van der Waals surface area (Å²) in [6.45, 7) is 1.18. The SMILES string of the molecule is CN(C)CCCCCC1=C[C@H]2C[C@@H](O)[C@H](C=C[C@@H](O)CCc3ccccc3)[C@H]2C1. The molecule has 1 aromatic carbocycles. The minimum Gasteiger partial charge on any atom is -0.392 e. The molecule has 0 saturated heterocycles. The first kappa shape index (κ1) is 22.3. The fourth-order valence-corrected chi connectivity index (χ4v) is 5.06. The Morgan fingerprint density at radius 1 is 1.10 bits per heavy atom. The van der Waals surface area contributed by atoms with Gasteiger partial charge in [0.2, 0.25) is 0 Å². The lowest BCUT2D eigenvalue weighted by Gasteiger charge is -2.19. The van der Waals surface area contributed by atoms with E-state index in [1.807, 2.05) is 24.3 Å². The van der Waals surface area contributed by atoms with Gasteiger partial charge >= 0.3 is 0 Å². The van der Waals surface area contributed by atoms with E-state index in [2.05, 4.69) is 43.3 Å². The molecule has 1 saturated carbocycles. The minimum absolute atomic E-state index is 0.189. The predicted molar refractivity (Wildman–Crippen MR) is 121 cm³/mol. The average molecular weight is 398 g/mol. The van der Waals surface area contributed by atoms with Crippen molar-refractivity contribution in [2.45, 2.75) is 63.6 Å². The second-order valence-electron chi connectivity index (χ2n) is 9.33. The average Bonchev–Trinajstić information content (AvgIpc) is 3.21. The number of aryl methyl sites for hydroxylation is 1. The molecule has 160 valence electrons. The lowest BCUT2D eigenvalue weighted by Crippen LogP contribution is -2.18. The van der Waals surface area contributed by atoms with Gasteiger partial charge in [0, 0.05) is 5.92 Å². The third-order valence-electron chi connectivity index (χ3n) is 6.68. The molecule has 5 atom stereocenters. The molecule has 0 heterocycles. The van der Waals surface area contributed by atoms with Crippen molar-refractivity contribution in [3.63, 3.8) is 0 Å². The van der Waals surface area contributed by atoms with Crippen LogP contribution in [0.3, 0.4) is 0 Å². The van der Waals surface area contributed by atoms with Crippen molar-refractivity contribution < 1.29 is 10.2 Å². The summed E-state index contributed by atoms with van der Waals surface area (Å²) >= 11 is 0. The highest BCUT2D eigenvalue weighted by Crippen LogP contribution is 2.48. The number of aliphatic hydroxyl groups excluding tert-OH is 2. The summed E-state index contributed by atoms with van der Waals surface area (Å²) in [5.41, 5.74) is 2.86. The molecule has 0 amide bonds. The van der Waals surface area contributed by atoms with Gasteiger partial charge in [0.1, 0.15) is 0 Å². The molecule has 0 radical (unpaired) electrons. The van der Waals surface area contributed by atoms with Gasteiger partial charge in [-0.15, -0.1) is 0 Å². The molecule has 29 heavy (non-hydrogen) atoms. The molecule has 1 aromatic rings. The zero-order valence-electron chi connectivity index (χ0n) is 18.2. The molecular weight excluding hydrogens is 358 g/mol. The fraction of sp³-hybridized carbons (Fsp3) is 0.615. The number of hydrogen-bond donors (Lipinski definition) is 2. The molecule has 3 nitrogen and oxygen atoms in total. The van der Waals surface area contributed by atoms with Crippen LogP contribution >= 0.6 is 0 Å². The van der Waals surface area contributed by atoms with Crippen LogP contribution in [0.4, 0.5) is 0 Å². The van der Waals surface area contributed by atoms with Crippen molar-refractivity contribution in [2.24, 2.45) is 17.8 Å². The van der Waals surface area contributed by atoms with Crippen LogP contribution < -0.4 is 0 Å². The van der Waals surface area contributed by atoms with E-state index < -0.39 is 6.10 Å². The summed E-state index contributed by atoms with van der Waals surface area (Å²) in [4.78, 5) is 2.26. The smallest absolute Gasteiger partial charge is 0.0724 e. The van der Waals surface area contributed by atoms with Crippen molar-refractivity contribution in [2.75, 3.05) is 20.6 Å². The molecule has 3 heteroatoms. The van der Waals surface area contributed by atoms with Crippen molar-refractivity contribution in [1.29, 1.82) is 0 Å². The largest absolute Gasteiger partial charge is 0.392 e. The lowest BCUT2D eigenvalue weighted by atomic mass is 9.88. The molecular formula is C26H39NO2. The summed E-state index contributed by atoms with van der Waals surface area (Å²) in [6, 6.07) is 10.3. The Hall–Kier alpha value is -1.42. The maximum absolute atomic E-state index is 10.5. The highest BCUT2D eigenvalue weighted by Gasteiger charge is 2.43. The van der Waals surface area contributed by atoms with E-state index in [-0.39, 0.29) is 12.0 Å². The first-order valence-electron chi connectivity index (χ1n) is 11.5. The van der Waals surface area contributed by atoms with Gasteiger partial charge in [-0.3, -0.25) is 0 Å². The molecule has 0 bridgehead atoms. The number of nitrogens with zero attached hydrogens (tertiary/aromatic N) is 1. The van der Waals surface area contributed by atoms with Gasteiger partial charge in [-0.1, -0.05) is 60.6 Å². The normalized spacial score (nSPS) is 27.6. The number of aliphatic hydroxyl groups is 2. The van der Waals surface area contributed by atoms with Crippen molar-refractivity contribution >= 4 is 0 Å². The number of fused-ring (bicyclic) bond motifs is 1. The fourth-order valence-electron chi connectivity index (χ4n) is 5.06. The predicted octanol–water partition coefficient (Wildman–Crippen LogP) is 4.60. The van der Waals surface area contributed by atoms with Gasteiger partial charge in [0.25, 0.3) is 0 Å². The molecule has 2 aliphatic rings. The highest BCUT2D eigenvalue weighted by atomic mass is 16.3. The number of hydrogen-bond acceptors (Lipinski definition) is 3. The van der Waals surface area contributed by atoms with Crippen LogP contribution in [0.25, 0.3) is 0 Å². The van der Waals surface area contributed by atoms with Crippen LogP contribution in [-0.4, -0.2) is 48.0 Å². The topological polar surface area (TPSA) is 43.7 Å². The van der Waals surface area contributed by atoms with Crippen LogP contribution in [0.1, 0.15) is 50.5 Å². The summed E-state index contributed by atoms with van der Waals surface area (Å²) < 4.78 is 0. The first-order chi connectivity index (χ1) is 14.0. The van der Waals surface area contributed by atoms with Crippen LogP contribution in [0.15, 0.2) is 54.1 Å². The van der Waals surface area contributed by atoms with Gasteiger partial charge in [0.05, 0.1) is 12.2 Å². The Morgan fingerprint density at radius 2 is 1.90 bits per heavy atom. The summed E-state index contributed by atoms with van der Waals surface area (Å²) in [5.74, 6) is 1.24. The molecule has 2 N–H and O–H groups in total. The quantitative estimate of drug-likeness (QED) is 0.424. The zero-order chi connectivity index (χ0) is 20.6. The van der Waals surface area contributed by atoms with Gasteiger partial charge in [0.15, 0.2) is 0 Å². The molecule has 2 aliphatic carbocycles. The summed E-state index contributed by atoms with van der Waals surface area (Å²) in [7, 11) is 4.27. The van der Waals surface area contributed by atoms with Crippen molar-refractivity contribution in [3.8, 4) is 0 Å². The number of rotatable bonds is 11. The summed E-state index contributed by atoms with van der Waals surface area (Å²) in [5, 5.41) is 20.9. The first-order valence-corrected chi connectivity index (χ1v) is 11.5. The molecule has 0 spiro atoms. The highest BCUT2D eigenvalue weighted by molar-refractivity contribution is 5.21. The standard InChI is InChI=1S/C26H39NO2/c1-27(2)16-8-4-7-11-21-17-22-19-26(29)24(25(22)18-21)15-14-23(28)13-12-20-9-5-3-6-10-20/h3,5-6,9-10,14-15,17,22-26,28-29H,4,7-8,11-13,16,18-19H2,1-2H3/t22-,23-,24+,25-,26+/m0/s1. The maximum atomic E-state index is 10.5. The van der Waals surface area contributed by atoms with E-state index in [0.717, 1.165) is 25.7 Å². The molecule has 0 aliphatic heterocycles. The second kappa shape index (κ2) is 11.1. The van der Waals surface area contributed by atoms with Crippen LogP contribution in [0.5, 0.6) is 0 Å². The van der Waals surface area contributed by atoms with Crippen molar-refractivity contribution in [1.82, 2.24) is 4.90 Å². The van der Waals surface area contributed by atoms with Crippen LogP contribution in [-0.2, 0) is 6.42 Å². The zero-order valence-corrected chi connectivity index (χ0v) is 18.2.